The lowest BCUT2D eigenvalue weighted by Crippen LogP contribution is -2.39. The Kier molecular flexibility index (Phi) is 7.62. The number of thiazole rings is 1. The summed E-state index contributed by atoms with van der Waals surface area (Å²) in [5.41, 5.74) is 3.53. The summed E-state index contributed by atoms with van der Waals surface area (Å²) in [6, 6.07) is 10.5. The van der Waals surface area contributed by atoms with Gasteiger partial charge in [0.25, 0.3) is 10.9 Å². The van der Waals surface area contributed by atoms with Gasteiger partial charge in [0.05, 0.1) is 16.8 Å². The summed E-state index contributed by atoms with van der Waals surface area (Å²) in [7, 11) is -8.36. The molecule has 1 aliphatic rings. The third kappa shape index (κ3) is 5.94. The minimum absolute atomic E-state index is 0.298. The normalized spacial score (nSPS) is 15.4. The van der Waals surface area contributed by atoms with Gasteiger partial charge in [-0.3, -0.25) is 4.55 Å². The molecule has 0 saturated carbocycles. The summed E-state index contributed by atoms with van der Waals surface area (Å²) in [5.74, 6) is -1.16. The van der Waals surface area contributed by atoms with Crippen LogP contribution in [0.3, 0.4) is 0 Å². The van der Waals surface area contributed by atoms with Gasteiger partial charge in [-0.05, 0) is 30.3 Å². The number of anilines is 1. The number of nitrogens with one attached hydrogen (secondary N) is 1. The highest BCUT2D eigenvalue weighted by molar-refractivity contribution is 9.10. The van der Waals surface area contributed by atoms with E-state index in [1.165, 1.54) is 32.6 Å². The van der Waals surface area contributed by atoms with Gasteiger partial charge in [-0.1, -0.05) is 57.6 Å². The van der Waals surface area contributed by atoms with Crippen LogP contribution in [0.5, 0.6) is 0 Å². The molecule has 0 bridgehead atoms. The lowest BCUT2D eigenvalue weighted by molar-refractivity contribution is -0.649. The van der Waals surface area contributed by atoms with E-state index in [1.54, 1.807) is 37.3 Å². The van der Waals surface area contributed by atoms with Crippen LogP contribution >= 0.6 is 50.6 Å². The van der Waals surface area contributed by atoms with E-state index < -0.39 is 32.0 Å². The topological polar surface area (TPSA) is 117 Å². The number of fused-ring (bicyclic) bond motifs is 2. The molecule has 0 amide bonds. The van der Waals surface area contributed by atoms with E-state index in [0.717, 1.165) is 14.1 Å². The molecule has 3 aromatic rings. The second kappa shape index (κ2) is 10.0. The van der Waals surface area contributed by atoms with Crippen molar-refractivity contribution in [3.05, 3.63) is 55.9 Å². The van der Waals surface area contributed by atoms with Crippen molar-refractivity contribution >= 4 is 92.8 Å². The van der Waals surface area contributed by atoms with Crippen LogP contribution in [0.25, 0.3) is 16.3 Å². The van der Waals surface area contributed by atoms with Gasteiger partial charge in [0.15, 0.2) is 5.88 Å². The minimum atomic E-state index is -4.36. The van der Waals surface area contributed by atoms with Crippen LogP contribution in [0.15, 0.2) is 50.8 Å². The maximum Gasteiger partial charge on any atom is 0.326 e. The van der Waals surface area contributed by atoms with Crippen molar-refractivity contribution in [2.45, 2.75) is 17.7 Å². The van der Waals surface area contributed by atoms with Crippen LogP contribution in [-0.2, 0) is 30.4 Å². The van der Waals surface area contributed by atoms with Gasteiger partial charge in [-0.15, -0.1) is 0 Å². The Labute approximate surface area is 218 Å². The predicted octanol–water partition coefficient (Wildman–Crippen LogP) is 4.19. The molecule has 15 heteroatoms. The molecule has 0 radical (unpaired) electrons. The summed E-state index contributed by atoms with van der Waals surface area (Å²) < 4.78 is 66.0. The van der Waals surface area contributed by atoms with Crippen molar-refractivity contribution in [2.24, 2.45) is 0 Å². The standard InChI is InChI=1S/C19H17BrClN3O6S4/c1-2-22-30-34(28,29)11-24-15-8-13(21)4-6-17(15)32-19(24)9-18-23(10-33(25,26)27)14-7-12(20)3-5-16(14)31-18/h3-9,22H,2,10-11H2,1H3/p+1. The van der Waals surface area contributed by atoms with Crippen molar-refractivity contribution in [3.8, 4) is 0 Å². The summed E-state index contributed by atoms with van der Waals surface area (Å²) >= 11 is 12.2. The van der Waals surface area contributed by atoms with E-state index in [-0.39, 0.29) is 0 Å². The number of rotatable bonds is 8. The molecular weight excluding hydrogens is 610 g/mol. The van der Waals surface area contributed by atoms with E-state index in [2.05, 4.69) is 21.4 Å². The summed E-state index contributed by atoms with van der Waals surface area (Å²) in [6.45, 7) is 2.00. The first-order valence-electron chi connectivity index (χ1n) is 9.63. The molecule has 0 saturated heterocycles. The monoisotopic (exact) mass is 626 g/mol. The Bertz CT molecular complexity index is 1510. The molecule has 2 N–H and O–H groups in total. The quantitative estimate of drug-likeness (QED) is 0.215. The van der Waals surface area contributed by atoms with Gasteiger partial charge in [-0.25, -0.2) is 0 Å². The highest BCUT2D eigenvalue weighted by Crippen LogP contribution is 2.48. The van der Waals surface area contributed by atoms with Crippen molar-refractivity contribution in [1.82, 2.24) is 5.48 Å². The van der Waals surface area contributed by atoms with Crippen LogP contribution in [0.1, 0.15) is 11.9 Å². The molecule has 9 nitrogen and oxygen atoms in total. The summed E-state index contributed by atoms with van der Waals surface area (Å²) in [5, 5.41) is 1.46. The number of hydrogen-bond acceptors (Lipinski definition) is 9. The summed E-state index contributed by atoms with van der Waals surface area (Å²) in [6.07, 6.45) is 1.69. The van der Waals surface area contributed by atoms with Gasteiger partial charge >= 0.3 is 20.2 Å². The van der Waals surface area contributed by atoms with Gasteiger partial charge in [0.2, 0.25) is 5.52 Å². The van der Waals surface area contributed by atoms with Crippen LogP contribution in [0.4, 0.5) is 5.69 Å². The molecule has 2 aromatic carbocycles. The van der Waals surface area contributed by atoms with Gasteiger partial charge < -0.3 is 4.90 Å². The fraction of sp³-hybridized carbons (Fsp3) is 0.211. The lowest BCUT2D eigenvalue weighted by atomic mass is 10.3. The minimum Gasteiger partial charge on any atom is -0.317 e. The number of nitrogens with zero attached hydrogens (tertiary/aromatic N) is 2. The van der Waals surface area contributed by atoms with Gasteiger partial charge in [0.1, 0.15) is 4.70 Å². The highest BCUT2D eigenvalue weighted by Gasteiger charge is 2.32. The fourth-order valence-corrected chi connectivity index (χ4v) is 7.69. The number of benzene rings is 2. The molecule has 34 heavy (non-hydrogen) atoms. The zero-order valence-electron chi connectivity index (χ0n) is 17.4. The third-order valence-electron chi connectivity index (χ3n) is 4.54. The fourth-order valence-electron chi connectivity index (χ4n) is 3.23. The smallest absolute Gasteiger partial charge is 0.317 e. The van der Waals surface area contributed by atoms with Crippen LogP contribution < -0.4 is 14.9 Å². The first-order chi connectivity index (χ1) is 16.0. The molecule has 182 valence electrons. The largest absolute Gasteiger partial charge is 0.326 e. The average molecular weight is 628 g/mol. The number of aromatic nitrogens is 1. The van der Waals surface area contributed by atoms with E-state index in [1.807, 2.05) is 12.1 Å². The predicted molar refractivity (Wildman–Crippen MR) is 138 cm³/mol. The molecule has 0 aliphatic carbocycles. The number of thioether (sulfide) groups is 1. The van der Waals surface area contributed by atoms with Crippen molar-refractivity contribution in [2.75, 3.05) is 17.3 Å². The molecular formula is C19H18BrClN3O6S4+. The SMILES string of the molecule is CCNOS(=O)(=O)CN1C(=Cc2sc3ccc(Br)cc3[n+]2CS(=O)(=O)O)Sc2ccc(Cl)cc21. The Morgan fingerprint density at radius 1 is 1.24 bits per heavy atom. The average Bonchev–Trinajstić information content (AvgIpc) is 3.23. The van der Waals surface area contributed by atoms with Gasteiger partial charge in [-0.2, -0.15) is 31.2 Å². The third-order valence-corrected chi connectivity index (χ3v) is 9.03. The first-order valence-corrected chi connectivity index (χ1v) is 15.6. The van der Waals surface area contributed by atoms with E-state index in [9.17, 15) is 21.4 Å². The molecule has 0 atom stereocenters. The maximum absolute atomic E-state index is 12.6. The lowest BCUT2D eigenvalue weighted by Gasteiger charge is -2.19. The van der Waals surface area contributed by atoms with Crippen LogP contribution in [0, 0.1) is 0 Å². The zero-order valence-corrected chi connectivity index (χ0v) is 23.0. The van der Waals surface area contributed by atoms with Crippen LogP contribution in [-0.4, -0.2) is 33.8 Å². The molecule has 0 unspecified atom stereocenters. The second-order valence-electron chi connectivity index (χ2n) is 7.08. The van der Waals surface area contributed by atoms with E-state index in [4.69, 9.17) is 15.9 Å². The van der Waals surface area contributed by atoms with Crippen molar-refractivity contribution in [1.29, 1.82) is 0 Å². The Morgan fingerprint density at radius 3 is 2.71 bits per heavy atom. The Balaban J connectivity index is 1.84. The number of halogens is 2. The molecule has 1 aliphatic heterocycles. The van der Waals surface area contributed by atoms with Gasteiger partial charge in [0, 0.05) is 27.0 Å². The number of hydrogen-bond donors (Lipinski definition) is 2. The van der Waals surface area contributed by atoms with E-state index in [0.29, 0.717) is 32.8 Å². The van der Waals surface area contributed by atoms with E-state index >= 15 is 0 Å². The molecule has 1 aromatic heterocycles. The number of hydroxylamine groups is 1. The second-order valence-corrected chi connectivity index (χ2v) is 13.5. The van der Waals surface area contributed by atoms with Crippen molar-refractivity contribution in [3.63, 3.8) is 0 Å². The van der Waals surface area contributed by atoms with Crippen molar-refractivity contribution < 1.29 is 30.2 Å². The molecule has 2 heterocycles. The highest BCUT2D eigenvalue weighted by atomic mass is 79.9. The maximum atomic E-state index is 12.6. The Hall–Kier alpha value is -1.23. The molecule has 0 spiro atoms. The first kappa shape index (κ1) is 25.9. The summed E-state index contributed by atoms with van der Waals surface area (Å²) in [4.78, 5) is 2.32. The Morgan fingerprint density at radius 2 is 2.00 bits per heavy atom. The van der Waals surface area contributed by atoms with Crippen LogP contribution in [0.2, 0.25) is 5.02 Å². The zero-order chi connectivity index (χ0) is 24.7. The molecule has 0 fully saturated rings. The molecule has 4 rings (SSSR count).